The van der Waals surface area contributed by atoms with Gasteiger partial charge in [-0.15, -0.1) is 0 Å². The van der Waals surface area contributed by atoms with Crippen LogP contribution in [-0.4, -0.2) is 37.5 Å². The van der Waals surface area contributed by atoms with Crippen molar-refractivity contribution in [1.29, 1.82) is 0 Å². The lowest BCUT2D eigenvalue weighted by molar-refractivity contribution is -0.141. The topological polar surface area (TPSA) is 46.6 Å². The third-order valence-corrected chi connectivity index (χ3v) is 3.47. The second-order valence-corrected chi connectivity index (χ2v) is 4.85. The highest BCUT2D eigenvalue weighted by molar-refractivity contribution is 5.76. The van der Waals surface area contributed by atoms with E-state index in [0.717, 1.165) is 0 Å². The Kier molecular flexibility index (Phi) is 6.01. The first-order valence-electron chi connectivity index (χ1n) is 6.44. The molecule has 0 radical (unpaired) electrons. The van der Waals surface area contributed by atoms with Crippen LogP contribution in [0.3, 0.4) is 0 Å². The van der Waals surface area contributed by atoms with E-state index in [2.05, 4.69) is 4.74 Å². The Bertz CT molecular complexity index is 259. The molecule has 0 atom stereocenters. The molecule has 4 nitrogen and oxygen atoms in total. The molecule has 0 aliphatic heterocycles. The van der Waals surface area contributed by atoms with Gasteiger partial charge in [-0.25, -0.2) is 0 Å². The van der Waals surface area contributed by atoms with Gasteiger partial charge in [0, 0.05) is 26.4 Å². The van der Waals surface area contributed by atoms with Gasteiger partial charge in [0.25, 0.3) is 0 Å². The fraction of sp³-hybridized carbons (Fsp3) is 0.846. The van der Waals surface area contributed by atoms with Crippen LogP contribution in [0.2, 0.25) is 0 Å². The van der Waals surface area contributed by atoms with Crippen LogP contribution in [0.1, 0.15) is 44.9 Å². The Hall–Kier alpha value is -1.06. The van der Waals surface area contributed by atoms with Crippen LogP contribution >= 0.6 is 0 Å². The number of carbonyl (C=O) groups excluding carboxylic acids is 2. The molecule has 0 saturated heterocycles. The molecule has 4 heteroatoms. The standard InChI is InChI=1S/C13H23NO3/c1-14(9-5-8-13(16)17-2)12(15)10-11-6-3-4-7-11/h11H,3-10H2,1-2H3. The van der Waals surface area contributed by atoms with E-state index in [1.54, 1.807) is 4.90 Å². The summed E-state index contributed by atoms with van der Waals surface area (Å²) in [5.41, 5.74) is 0. The first-order valence-corrected chi connectivity index (χ1v) is 6.44. The summed E-state index contributed by atoms with van der Waals surface area (Å²) < 4.78 is 4.56. The molecule has 1 aliphatic rings. The van der Waals surface area contributed by atoms with Crippen molar-refractivity contribution >= 4 is 11.9 Å². The summed E-state index contributed by atoms with van der Waals surface area (Å²) in [5.74, 6) is 0.592. The minimum atomic E-state index is -0.207. The van der Waals surface area contributed by atoms with Crippen LogP contribution in [-0.2, 0) is 14.3 Å². The highest BCUT2D eigenvalue weighted by Crippen LogP contribution is 2.27. The van der Waals surface area contributed by atoms with E-state index in [0.29, 0.717) is 31.7 Å². The zero-order chi connectivity index (χ0) is 12.7. The summed E-state index contributed by atoms with van der Waals surface area (Å²) in [6.45, 7) is 0.640. The first-order chi connectivity index (χ1) is 8.13. The molecule has 17 heavy (non-hydrogen) atoms. The van der Waals surface area contributed by atoms with Crippen molar-refractivity contribution in [2.24, 2.45) is 5.92 Å². The monoisotopic (exact) mass is 241 g/mol. The average molecular weight is 241 g/mol. The lowest BCUT2D eigenvalue weighted by Crippen LogP contribution is -2.29. The van der Waals surface area contributed by atoms with Crippen molar-refractivity contribution in [3.05, 3.63) is 0 Å². The molecule has 1 amide bonds. The Morgan fingerprint density at radius 3 is 2.53 bits per heavy atom. The molecule has 0 N–H and O–H groups in total. The molecule has 0 spiro atoms. The molecule has 0 aromatic heterocycles. The molecule has 1 fully saturated rings. The van der Waals surface area contributed by atoms with Gasteiger partial charge in [0.2, 0.25) is 5.91 Å². The van der Waals surface area contributed by atoms with E-state index < -0.39 is 0 Å². The summed E-state index contributed by atoms with van der Waals surface area (Å²) in [7, 11) is 3.20. The third kappa shape index (κ3) is 5.20. The van der Waals surface area contributed by atoms with Gasteiger partial charge in [-0.05, 0) is 25.2 Å². The number of ether oxygens (including phenoxy) is 1. The molecule has 1 aliphatic carbocycles. The van der Waals surface area contributed by atoms with Crippen LogP contribution < -0.4 is 0 Å². The summed E-state index contributed by atoms with van der Waals surface area (Å²) in [6, 6.07) is 0. The molecule has 1 rings (SSSR count). The molecular weight excluding hydrogens is 218 g/mol. The normalized spacial score (nSPS) is 15.9. The fourth-order valence-corrected chi connectivity index (χ4v) is 2.30. The number of rotatable bonds is 6. The van der Waals surface area contributed by atoms with E-state index in [1.807, 2.05) is 7.05 Å². The predicted octanol–water partition coefficient (Wildman–Crippen LogP) is 1.98. The summed E-state index contributed by atoms with van der Waals surface area (Å²) in [4.78, 5) is 24.5. The molecule has 98 valence electrons. The maximum absolute atomic E-state index is 11.9. The van der Waals surface area contributed by atoms with E-state index in [1.165, 1.54) is 32.8 Å². The lowest BCUT2D eigenvalue weighted by Gasteiger charge is -2.18. The summed E-state index contributed by atoms with van der Waals surface area (Å²) in [5, 5.41) is 0. The van der Waals surface area contributed by atoms with Crippen LogP contribution in [0.5, 0.6) is 0 Å². The Morgan fingerprint density at radius 1 is 1.29 bits per heavy atom. The minimum Gasteiger partial charge on any atom is -0.469 e. The number of nitrogens with zero attached hydrogens (tertiary/aromatic N) is 1. The molecule has 1 saturated carbocycles. The van der Waals surface area contributed by atoms with Crippen molar-refractivity contribution < 1.29 is 14.3 Å². The Balaban J connectivity index is 2.15. The zero-order valence-corrected chi connectivity index (χ0v) is 10.9. The average Bonchev–Trinajstić information content (AvgIpc) is 2.81. The summed E-state index contributed by atoms with van der Waals surface area (Å²) >= 11 is 0. The van der Waals surface area contributed by atoms with Gasteiger partial charge in [-0.1, -0.05) is 12.8 Å². The van der Waals surface area contributed by atoms with Gasteiger partial charge in [-0.2, -0.15) is 0 Å². The Morgan fingerprint density at radius 2 is 1.94 bits per heavy atom. The zero-order valence-electron chi connectivity index (χ0n) is 10.9. The van der Waals surface area contributed by atoms with Crippen molar-refractivity contribution in [3.63, 3.8) is 0 Å². The highest BCUT2D eigenvalue weighted by Gasteiger charge is 2.20. The number of esters is 1. The second kappa shape index (κ2) is 7.30. The van der Waals surface area contributed by atoms with Crippen LogP contribution in [0.4, 0.5) is 0 Å². The van der Waals surface area contributed by atoms with Gasteiger partial charge in [0.05, 0.1) is 7.11 Å². The van der Waals surface area contributed by atoms with E-state index >= 15 is 0 Å². The SMILES string of the molecule is COC(=O)CCCN(C)C(=O)CC1CCCC1. The minimum absolute atomic E-state index is 0.207. The molecule has 0 aromatic rings. The van der Waals surface area contributed by atoms with Crippen LogP contribution in [0.25, 0.3) is 0 Å². The van der Waals surface area contributed by atoms with Crippen molar-refractivity contribution in [1.82, 2.24) is 4.90 Å². The number of amides is 1. The first kappa shape index (κ1) is 14.0. The maximum atomic E-state index is 11.9. The van der Waals surface area contributed by atoms with E-state index in [4.69, 9.17) is 0 Å². The van der Waals surface area contributed by atoms with Gasteiger partial charge in [0.15, 0.2) is 0 Å². The largest absolute Gasteiger partial charge is 0.469 e. The molecule has 0 bridgehead atoms. The van der Waals surface area contributed by atoms with E-state index in [9.17, 15) is 9.59 Å². The van der Waals surface area contributed by atoms with Crippen molar-refractivity contribution in [2.75, 3.05) is 20.7 Å². The molecular formula is C13H23NO3. The molecule has 0 heterocycles. The van der Waals surface area contributed by atoms with Gasteiger partial charge in [0.1, 0.15) is 0 Å². The van der Waals surface area contributed by atoms with Crippen molar-refractivity contribution in [2.45, 2.75) is 44.9 Å². The summed E-state index contributed by atoms with van der Waals surface area (Å²) in [6.07, 6.45) is 6.67. The molecule has 0 aromatic carbocycles. The van der Waals surface area contributed by atoms with Gasteiger partial charge >= 0.3 is 5.97 Å². The fourth-order valence-electron chi connectivity index (χ4n) is 2.30. The van der Waals surface area contributed by atoms with Gasteiger partial charge < -0.3 is 9.64 Å². The number of carbonyl (C=O) groups is 2. The van der Waals surface area contributed by atoms with Crippen LogP contribution in [0.15, 0.2) is 0 Å². The second-order valence-electron chi connectivity index (χ2n) is 4.85. The van der Waals surface area contributed by atoms with Crippen LogP contribution in [0, 0.1) is 5.92 Å². The number of hydrogen-bond donors (Lipinski definition) is 0. The lowest BCUT2D eigenvalue weighted by atomic mass is 10.0. The third-order valence-electron chi connectivity index (χ3n) is 3.47. The van der Waals surface area contributed by atoms with Crippen molar-refractivity contribution in [3.8, 4) is 0 Å². The number of methoxy groups -OCH3 is 1. The highest BCUT2D eigenvalue weighted by atomic mass is 16.5. The van der Waals surface area contributed by atoms with Gasteiger partial charge in [-0.3, -0.25) is 9.59 Å². The smallest absolute Gasteiger partial charge is 0.305 e. The number of hydrogen-bond acceptors (Lipinski definition) is 3. The quantitative estimate of drug-likeness (QED) is 0.668. The maximum Gasteiger partial charge on any atom is 0.305 e. The predicted molar refractivity (Wildman–Crippen MR) is 65.5 cm³/mol. The Labute approximate surface area is 103 Å². The molecule has 0 unspecified atom stereocenters. The van der Waals surface area contributed by atoms with E-state index in [-0.39, 0.29) is 11.9 Å².